The Hall–Kier alpha value is -2.13. The van der Waals surface area contributed by atoms with Crippen molar-refractivity contribution in [3.8, 4) is 0 Å². The van der Waals surface area contributed by atoms with E-state index < -0.39 is 0 Å². The van der Waals surface area contributed by atoms with E-state index in [2.05, 4.69) is 22.4 Å². The molecule has 0 aliphatic rings. The molecule has 1 aromatic carbocycles. The molecule has 90 valence electrons. The molecule has 18 heavy (non-hydrogen) atoms. The third kappa shape index (κ3) is 1.79. The van der Waals surface area contributed by atoms with Crippen molar-refractivity contribution in [2.24, 2.45) is 0 Å². The third-order valence-corrected chi connectivity index (χ3v) is 3.16. The lowest BCUT2D eigenvalue weighted by Crippen LogP contribution is -2.17. The maximum Gasteiger partial charge on any atom is 0.0953 e. The number of aromatic nitrogens is 1. The van der Waals surface area contributed by atoms with E-state index in [1.165, 1.54) is 10.9 Å². The molecule has 0 amide bonds. The average Bonchev–Trinajstić information content (AvgIpc) is 2.94. The predicted octanol–water partition coefficient (Wildman–Crippen LogP) is 3.14. The molecule has 0 spiro atoms. The second-order valence-electron chi connectivity index (χ2n) is 4.20. The Bertz CT molecular complexity index is 641. The van der Waals surface area contributed by atoms with E-state index in [4.69, 9.17) is 4.42 Å². The number of para-hydroxylation sites is 1. The van der Waals surface area contributed by atoms with Crippen LogP contribution >= 0.6 is 0 Å². The summed E-state index contributed by atoms with van der Waals surface area (Å²) in [5, 5.41) is 4.49. The maximum atomic E-state index is 5.18. The second kappa shape index (κ2) is 4.63. The Morgan fingerprint density at radius 3 is 2.83 bits per heavy atom. The summed E-state index contributed by atoms with van der Waals surface area (Å²) in [4.78, 5) is 4.39. The minimum atomic E-state index is 0.122. The van der Waals surface area contributed by atoms with Crippen LogP contribution in [0.25, 0.3) is 10.9 Å². The van der Waals surface area contributed by atoms with Gasteiger partial charge in [-0.2, -0.15) is 0 Å². The maximum absolute atomic E-state index is 5.18. The first-order valence-corrected chi connectivity index (χ1v) is 5.93. The van der Waals surface area contributed by atoms with Crippen LogP contribution in [0.5, 0.6) is 0 Å². The van der Waals surface area contributed by atoms with Crippen LogP contribution in [0.3, 0.4) is 0 Å². The zero-order chi connectivity index (χ0) is 12.4. The standard InChI is InChI=1S/C15H14N2O/c1-16-15(11-7-9-18-10-11)13-6-8-17-14-5-3-2-4-12(13)14/h2-10,15-16H,1H3. The molecule has 0 aliphatic heterocycles. The Morgan fingerprint density at radius 2 is 2.06 bits per heavy atom. The third-order valence-electron chi connectivity index (χ3n) is 3.16. The van der Waals surface area contributed by atoms with Crippen LogP contribution in [0, 0.1) is 0 Å². The lowest BCUT2D eigenvalue weighted by molar-refractivity contribution is 0.557. The summed E-state index contributed by atoms with van der Waals surface area (Å²) >= 11 is 0. The van der Waals surface area contributed by atoms with E-state index in [1.54, 1.807) is 12.5 Å². The quantitative estimate of drug-likeness (QED) is 0.761. The van der Waals surface area contributed by atoms with Gasteiger partial charge >= 0.3 is 0 Å². The van der Waals surface area contributed by atoms with Crippen LogP contribution in [0.2, 0.25) is 0 Å². The van der Waals surface area contributed by atoms with E-state index >= 15 is 0 Å². The first-order valence-electron chi connectivity index (χ1n) is 5.93. The lowest BCUT2D eigenvalue weighted by Gasteiger charge is -2.16. The molecule has 0 fully saturated rings. The van der Waals surface area contributed by atoms with Gasteiger partial charge in [0.1, 0.15) is 0 Å². The zero-order valence-electron chi connectivity index (χ0n) is 10.1. The molecule has 0 radical (unpaired) electrons. The molecule has 3 nitrogen and oxygen atoms in total. The van der Waals surface area contributed by atoms with Crippen LogP contribution in [-0.2, 0) is 0 Å². The highest BCUT2D eigenvalue weighted by molar-refractivity contribution is 5.82. The molecule has 0 saturated heterocycles. The summed E-state index contributed by atoms with van der Waals surface area (Å²) in [7, 11) is 1.95. The number of fused-ring (bicyclic) bond motifs is 1. The van der Waals surface area contributed by atoms with Crippen LogP contribution in [0.1, 0.15) is 17.2 Å². The van der Waals surface area contributed by atoms with Gasteiger partial charge in [-0.3, -0.25) is 4.98 Å². The minimum absolute atomic E-state index is 0.122. The van der Waals surface area contributed by atoms with E-state index in [1.807, 2.05) is 37.5 Å². The fourth-order valence-electron chi connectivity index (χ4n) is 2.31. The van der Waals surface area contributed by atoms with Crippen molar-refractivity contribution < 1.29 is 4.42 Å². The van der Waals surface area contributed by atoms with E-state index in [0.29, 0.717) is 0 Å². The Labute approximate surface area is 105 Å². The van der Waals surface area contributed by atoms with Gasteiger partial charge in [0.05, 0.1) is 24.1 Å². The van der Waals surface area contributed by atoms with Gasteiger partial charge in [-0.25, -0.2) is 0 Å². The molecule has 0 bridgehead atoms. The zero-order valence-corrected chi connectivity index (χ0v) is 10.1. The molecular weight excluding hydrogens is 224 g/mol. The first kappa shape index (κ1) is 11.0. The van der Waals surface area contributed by atoms with Crippen molar-refractivity contribution in [3.63, 3.8) is 0 Å². The van der Waals surface area contributed by atoms with Crippen molar-refractivity contribution in [2.45, 2.75) is 6.04 Å². The largest absolute Gasteiger partial charge is 0.472 e. The van der Waals surface area contributed by atoms with Gasteiger partial charge in [0, 0.05) is 17.1 Å². The van der Waals surface area contributed by atoms with Gasteiger partial charge < -0.3 is 9.73 Å². The summed E-state index contributed by atoms with van der Waals surface area (Å²) in [6.45, 7) is 0. The number of hydrogen-bond donors (Lipinski definition) is 1. The van der Waals surface area contributed by atoms with Crippen LogP contribution in [0.4, 0.5) is 0 Å². The molecule has 1 N–H and O–H groups in total. The monoisotopic (exact) mass is 238 g/mol. The number of rotatable bonds is 3. The normalized spacial score (nSPS) is 12.7. The second-order valence-corrected chi connectivity index (χ2v) is 4.20. The van der Waals surface area contributed by atoms with E-state index in [-0.39, 0.29) is 6.04 Å². The van der Waals surface area contributed by atoms with Gasteiger partial charge in [0.2, 0.25) is 0 Å². The van der Waals surface area contributed by atoms with Crippen LogP contribution < -0.4 is 5.32 Å². The highest BCUT2D eigenvalue weighted by Crippen LogP contribution is 2.27. The van der Waals surface area contributed by atoms with Gasteiger partial charge in [-0.05, 0) is 30.8 Å². The lowest BCUT2D eigenvalue weighted by atomic mass is 9.98. The molecule has 2 heterocycles. The molecule has 3 heteroatoms. The van der Waals surface area contributed by atoms with Crippen molar-refractivity contribution in [2.75, 3.05) is 7.05 Å². The SMILES string of the molecule is CNC(c1ccoc1)c1ccnc2ccccc12. The number of furan rings is 1. The van der Waals surface area contributed by atoms with E-state index in [9.17, 15) is 0 Å². The number of benzene rings is 1. The van der Waals surface area contributed by atoms with Gasteiger partial charge in [0.15, 0.2) is 0 Å². The van der Waals surface area contributed by atoms with Crippen molar-refractivity contribution in [1.82, 2.24) is 10.3 Å². The van der Waals surface area contributed by atoms with Crippen molar-refractivity contribution in [1.29, 1.82) is 0 Å². The van der Waals surface area contributed by atoms with Crippen molar-refractivity contribution in [3.05, 3.63) is 66.2 Å². The van der Waals surface area contributed by atoms with E-state index in [0.717, 1.165) is 11.1 Å². The molecule has 2 aromatic heterocycles. The summed E-state index contributed by atoms with van der Waals surface area (Å²) in [5.41, 5.74) is 3.34. The molecule has 3 aromatic rings. The number of pyridine rings is 1. The van der Waals surface area contributed by atoms with Gasteiger partial charge in [0.25, 0.3) is 0 Å². The number of nitrogens with one attached hydrogen (secondary N) is 1. The molecule has 0 aliphatic carbocycles. The van der Waals surface area contributed by atoms with Gasteiger partial charge in [-0.1, -0.05) is 18.2 Å². The fraction of sp³-hybridized carbons (Fsp3) is 0.133. The summed E-state index contributed by atoms with van der Waals surface area (Å²) in [6, 6.07) is 12.3. The topological polar surface area (TPSA) is 38.1 Å². The molecular formula is C15H14N2O. The van der Waals surface area contributed by atoms with Gasteiger partial charge in [-0.15, -0.1) is 0 Å². The Kier molecular flexibility index (Phi) is 2.82. The molecule has 0 saturated carbocycles. The Balaban J connectivity index is 2.18. The smallest absolute Gasteiger partial charge is 0.0953 e. The predicted molar refractivity (Wildman–Crippen MR) is 71.4 cm³/mol. The highest BCUT2D eigenvalue weighted by Gasteiger charge is 2.15. The summed E-state index contributed by atoms with van der Waals surface area (Å²) < 4.78 is 5.18. The summed E-state index contributed by atoms with van der Waals surface area (Å²) in [5.74, 6) is 0. The molecule has 1 atom stereocenters. The number of nitrogens with zero attached hydrogens (tertiary/aromatic N) is 1. The van der Waals surface area contributed by atoms with Crippen LogP contribution in [0.15, 0.2) is 59.5 Å². The molecule has 3 rings (SSSR count). The minimum Gasteiger partial charge on any atom is -0.472 e. The first-order chi connectivity index (χ1) is 8.90. The van der Waals surface area contributed by atoms with Crippen LogP contribution in [-0.4, -0.2) is 12.0 Å². The molecule has 1 unspecified atom stereocenters. The highest BCUT2D eigenvalue weighted by atomic mass is 16.3. The Morgan fingerprint density at radius 1 is 1.17 bits per heavy atom. The summed E-state index contributed by atoms with van der Waals surface area (Å²) in [6.07, 6.45) is 5.32. The average molecular weight is 238 g/mol. The number of hydrogen-bond acceptors (Lipinski definition) is 3. The fourth-order valence-corrected chi connectivity index (χ4v) is 2.31. The van der Waals surface area contributed by atoms with Crippen molar-refractivity contribution >= 4 is 10.9 Å².